The van der Waals surface area contributed by atoms with Gasteiger partial charge >= 0.3 is 12.1 Å². The summed E-state index contributed by atoms with van der Waals surface area (Å²) < 4.78 is 76.9. The van der Waals surface area contributed by atoms with Crippen molar-refractivity contribution in [2.24, 2.45) is 0 Å². The van der Waals surface area contributed by atoms with Crippen LogP contribution in [0.1, 0.15) is 78.1 Å². The molecule has 0 aliphatic heterocycles. The van der Waals surface area contributed by atoms with Crippen LogP contribution in [0.4, 0.5) is 18.9 Å². The third-order valence-electron chi connectivity index (χ3n) is 6.91. The highest BCUT2D eigenvalue weighted by Gasteiger charge is 2.35. The first-order valence-electron chi connectivity index (χ1n) is 14.5. The molecule has 1 aromatic heterocycles. The molecule has 0 unspecified atom stereocenters. The van der Waals surface area contributed by atoms with E-state index in [4.69, 9.17) is 8.92 Å². The first-order chi connectivity index (χ1) is 20.7. The van der Waals surface area contributed by atoms with Crippen LogP contribution in [0.5, 0.6) is 0 Å². The molecule has 44 heavy (non-hydrogen) atoms. The van der Waals surface area contributed by atoms with Crippen molar-refractivity contribution in [3.8, 4) is 0 Å². The Morgan fingerprint density at radius 2 is 1.66 bits per heavy atom. The smallest absolute Gasteiger partial charge is 0.418 e. The van der Waals surface area contributed by atoms with E-state index in [1.54, 1.807) is 13.0 Å². The minimum Gasteiger partial charge on any atom is -0.466 e. The minimum atomic E-state index is -4.83. The SMILES string of the molecule is CCOC(=O)Cc1cc(NC(=O)c2ccc(CCCc3ccccc3)n2C(C)C)c(C(F)(F)F)cc1CCCOS(C)(=O)=O. The average molecular weight is 637 g/mol. The summed E-state index contributed by atoms with van der Waals surface area (Å²) in [5.74, 6) is -1.36. The van der Waals surface area contributed by atoms with E-state index in [2.05, 4.69) is 5.32 Å². The van der Waals surface area contributed by atoms with E-state index in [0.717, 1.165) is 36.9 Å². The molecule has 3 rings (SSSR count). The third kappa shape index (κ3) is 10.2. The zero-order chi connectivity index (χ0) is 32.5. The van der Waals surface area contributed by atoms with Crippen molar-refractivity contribution in [2.75, 3.05) is 24.8 Å². The molecule has 0 aliphatic carbocycles. The summed E-state index contributed by atoms with van der Waals surface area (Å²) in [4.78, 5) is 25.8. The van der Waals surface area contributed by atoms with Crippen molar-refractivity contribution in [3.63, 3.8) is 0 Å². The minimum absolute atomic E-state index is 0.00407. The van der Waals surface area contributed by atoms with Crippen LogP contribution >= 0.6 is 0 Å². The Bertz CT molecular complexity index is 1530. The first kappa shape index (κ1) is 34.8. The zero-order valence-electron chi connectivity index (χ0n) is 25.4. The van der Waals surface area contributed by atoms with Crippen molar-refractivity contribution in [2.45, 2.75) is 71.5 Å². The lowest BCUT2D eigenvalue weighted by Gasteiger charge is -2.20. The molecule has 1 amide bonds. The molecule has 0 spiro atoms. The van der Waals surface area contributed by atoms with Gasteiger partial charge in [-0.3, -0.25) is 13.8 Å². The second kappa shape index (κ2) is 15.4. The molecule has 2 aromatic carbocycles. The molecule has 12 heteroatoms. The van der Waals surface area contributed by atoms with Crippen LogP contribution in [0.15, 0.2) is 54.6 Å². The summed E-state index contributed by atoms with van der Waals surface area (Å²) >= 11 is 0. The van der Waals surface area contributed by atoms with E-state index in [1.807, 2.05) is 54.8 Å². The molecule has 3 aromatic rings. The largest absolute Gasteiger partial charge is 0.466 e. The Balaban J connectivity index is 1.91. The molecular formula is C32H39F3N2O6S. The Labute approximate surface area is 256 Å². The second-order valence-corrected chi connectivity index (χ2v) is 12.4. The fraction of sp³-hybridized carbons (Fsp3) is 0.438. The Morgan fingerprint density at radius 3 is 2.27 bits per heavy atom. The molecule has 0 saturated heterocycles. The lowest BCUT2D eigenvalue weighted by Crippen LogP contribution is -2.22. The predicted molar refractivity (Wildman–Crippen MR) is 162 cm³/mol. The average Bonchev–Trinajstić information content (AvgIpc) is 3.36. The number of rotatable bonds is 15. The molecule has 240 valence electrons. The quantitative estimate of drug-likeness (QED) is 0.116. The summed E-state index contributed by atoms with van der Waals surface area (Å²) in [7, 11) is -3.72. The van der Waals surface area contributed by atoms with Gasteiger partial charge in [-0.1, -0.05) is 30.3 Å². The predicted octanol–water partition coefficient (Wildman–Crippen LogP) is 6.53. The highest BCUT2D eigenvalue weighted by Crippen LogP contribution is 2.38. The maximum Gasteiger partial charge on any atom is 0.418 e. The Morgan fingerprint density at radius 1 is 0.955 bits per heavy atom. The molecule has 1 N–H and O–H groups in total. The number of carbonyl (C=O) groups is 2. The number of carbonyl (C=O) groups excluding carboxylic acids is 2. The number of benzene rings is 2. The maximum atomic E-state index is 14.3. The van der Waals surface area contributed by atoms with Crippen molar-refractivity contribution >= 4 is 27.7 Å². The molecule has 0 atom stereocenters. The molecular weight excluding hydrogens is 597 g/mol. The number of anilines is 1. The normalized spacial score (nSPS) is 12.0. The molecule has 0 aliphatic rings. The topological polar surface area (TPSA) is 104 Å². The van der Waals surface area contributed by atoms with Gasteiger partial charge in [0, 0.05) is 11.7 Å². The van der Waals surface area contributed by atoms with Gasteiger partial charge in [-0.25, -0.2) is 0 Å². The van der Waals surface area contributed by atoms with E-state index in [9.17, 15) is 31.2 Å². The molecule has 0 fully saturated rings. The van der Waals surface area contributed by atoms with Gasteiger partial charge in [0.05, 0.1) is 37.1 Å². The number of aromatic nitrogens is 1. The molecule has 0 bridgehead atoms. The van der Waals surface area contributed by atoms with Crippen LogP contribution in [0.2, 0.25) is 0 Å². The van der Waals surface area contributed by atoms with Gasteiger partial charge in [-0.15, -0.1) is 0 Å². The fourth-order valence-corrected chi connectivity index (χ4v) is 5.48. The van der Waals surface area contributed by atoms with Crippen molar-refractivity contribution in [3.05, 3.63) is 88.2 Å². The molecule has 0 saturated carbocycles. The van der Waals surface area contributed by atoms with Gasteiger partial charge < -0.3 is 14.6 Å². The van der Waals surface area contributed by atoms with Gasteiger partial charge in [0.2, 0.25) is 0 Å². The lowest BCUT2D eigenvalue weighted by atomic mass is 9.96. The Kier molecular flexibility index (Phi) is 12.2. The summed E-state index contributed by atoms with van der Waals surface area (Å²) in [6.45, 7) is 5.26. The standard InChI is InChI=1S/C32H39F3N2O6S/c1-5-42-30(38)21-25-20-28(27(32(33,34)35)19-24(25)14-10-18-43-44(4,40)41)36-31(39)29-17-16-26(37(29)22(2)3)15-9-13-23-11-7-6-8-12-23/h6-8,11-12,16-17,19-20,22H,5,9-10,13-15,18,21H2,1-4H3,(H,36,39). The number of aryl methyl sites for hydroxylation is 3. The summed E-state index contributed by atoms with van der Waals surface area (Å²) in [5.41, 5.74) is 1.14. The van der Waals surface area contributed by atoms with Crippen LogP contribution in [0, 0.1) is 0 Å². The molecule has 8 nitrogen and oxygen atoms in total. The number of nitrogens with zero attached hydrogens (tertiary/aromatic N) is 1. The van der Waals surface area contributed by atoms with Gasteiger partial charge in [0.1, 0.15) is 5.69 Å². The number of hydrogen-bond acceptors (Lipinski definition) is 6. The van der Waals surface area contributed by atoms with Gasteiger partial charge in [-0.2, -0.15) is 21.6 Å². The highest BCUT2D eigenvalue weighted by atomic mass is 32.2. The second-order valence-electron chi connectivity index (χ2n) is 10.7. The first-order valence-corrected chi connectivity index (χ1v) is 16.3. The number of alkyl halides is 3. The van der Waals surface area contributed by atoms with Crippen LogP contribution in [-0.2, 0) is 55.7 Å². The van der Waals surface area contributed by atoms with E-state index in [1.165, 1.54) is 5.56 Å². The van der Waals surface area contributed by atoms with Crippen LogP contribution in [0.25, 0.3) is 0 Å². The fourth-order valence-electron chi connectivity index (χ4n) is 5.06. The van der Waals surface area contributed by atoms with Gasteiger partial charge in [0.15, 0.2) is 0 Å². The Hall–Kier alpha value is -3.64. The van der Waals surface area contributed by atoms with E-state index >= 15 is 0 Å². The number of hydrogen-bond donors (Lipinski definition) is 1. The van der Waals surface area contributed by atoms with Crippen LogP contribution in [0.3, 0.4) is 0 Å². The maximum absolute atomic E-state index is 14.3. The van der Waals surface area contributed by atoms with E-state index in [0.29, 0.717) is 6.42 Å². The highest BCUT2D eigenvalue weighted by molar-refractivity contribution is 7.85. The van der Waals surface area contributed by atoms with Crippen LogP contribution < -0.4 is 5.32 Å². The van der Waals surface area contributed by atoms with E-state index < -0.39 is 39.4 Å². The van der Waals surface area contributed by atoms with E-state index in [-0.39, 0.29) is 55.3 Å². The van der Waals surface area contributed by atoms with Crippen molar-refractivity contribution < 1.29 is 40.1 Å². The summed E-state index contributed by atoms with van der Waals surface area (Å²) in [6.07, 6.45) is -1.84. The lowest BCUT2D eigenvalue weighted by molar-refractivity contribution is -0.142. The van der Waals surface area contributed by atoms with Gasteiger partial charge in [-0.05, 0) is 93.8 Å². The third-order valence-corrected chi connectivity index (χ3v) is 7.51. The van der Waals surface area contributed by atoms with Crippen molar-refractivity contribution in [1.29, 1.82) is 0 Å². The van der Waals surface area contributed by atoms with Crippen LogP contribution in [-0.4, -0.2) is 44.3 Å². The van der Waals surface area contributed by atoms with Crippen molar-refractivity contribution in [1.82, 2.24) is 4.57 Å². The number of amides is 1. The monoisotopic (exact) mass is 636 g/mol. The zero-order valence-corrected chi connectivity index (χ0v) is 26.2. The summed E-state index contributed by atoms with van der Waals surface area (Å²) in [5, 5.41) is 2.45. The number of ether oxygens (including phenoxy) is 1. The molecule has 1 heterocycles. The number of esters is 1. The number of nitrogens with one attached hydrogen (secondary N) is 1. The molecule has 0 radical (unpaired) electrons. The summed E-state index contributed by atoms with van der Waals surface area (Å²) in [6, 6.07) is 15.3. The van der Waals surface area contributed by atoms with Gasteiger partial charge in [0.25, 0.3) is 16.0 Å². The number of halogens is 3.